The van der Waals surface area contributed by atoms with Gasteiger partial charge in [0.15, 0.2) is 10.8 Å². The van der Waals surface area contributed by atoms with Crippen molar-refractivity contribution in [1.82, 2.24) is 20.5 Å². The Morgan fingerprint density at radius 3 is 2.17 bits per heavy atom. The molecule has 16 nitrogen and oxygen atoms in total. The Labute approximate surface area is 420 Å². The quantitative estimate of drug-likeness (QED) is 0.0479. The number of nitrogens with zero attached hydrogens (tertiary/aromatic N) is 5. The number of hydrogen-bond donors (Lipinski definition) is 3. The summed E-state index contributed by atoms with van der Waals surface area (Å²) in [7, 11) is 0. The number of carbonyl (C=O) groups excluding carboxylic acids is 4. The van der Waals surface area contributed by atoms with E-state index >= 15 is 0 Å². The summed E-state index contributed by atoms with van der Waals surface area (Å²) in [4.78, 5) is 68.1. The van der Waals surface area contributed by atoms with Crippen molar-refractivity contribution in [2.75, 3.05) is 56.0 Å². The second-order valence-corrected chi connectivity index (χ2v) is 21.3. The highest BCUT2D eigenvalue weighted by Gasteiger charge is 2.50. The molecule has 0 spiro atoms. The van der Waals surface area contributed by atoms with Gasteiger partial charge in [-0.2, -0.15) is 0 Å². The average molecular weight is 996 g/mol. The molecular weight excluding hydrogens is 931 g/mol. The molecule has 0 unspecified atom stereocenters. The Bertz CT molecular complexity index is 2600. The number of hydrogen-bond acceptors (Lipinski definition) is 12. The van der Waals surface area contributed by atoms with Gasteiger partial charge in [-0.15, -0.1) is 11.3 Å². The van der Waals surface area contributed by atoms with Gasteiger partial charge < -0.3 is 44.5 Å². The van der Waals surface area contributed by atoms with Crippen LogP contribution in [-0.4, -0.2) is 114 Å². The predicted octanol–water partition coefficient (Wildman–Crippen LogP) is 7.54. The standard InChI is InChI=1S/C52H65N7O9S2/c1-32-26-37(16-19-40(32)53-11)58-48(64)52(9,10)59(49(58)69)36-14-17-39(18-15-36)67-24-22-65-20-21-66-23-25-68-42-27-34(43-33(2)55-31-70-43)12-13-35(42)29-54-45(61)41-28-38(60)30-57(41)46(62)44(50(3,4)5)56-47(63)51(6,7)8/h12-19,26-27,31,38,41,44,60H,20-25,28-30H2,1-10H3,(H,54,61)(H,56,63)/t38-,41+,44-/m1/s1. The minimum Gasteiger partial charge on any atom is -0.491 e. The molecule has 3 aromatic carbocycles. The number of likely N-dealkylation sites (tertiary alicyclic amines) is 1. The summed E-state index contributed by atoms with van der Waals surface area (Å²) in [6.07, 6.45) is -0.827. The largest absolute Gasteiger partial charge is 0.491 e. The molecule has 2 fully saturated rings. The number of anilines is 2. The lowest BCUT2D eigenvalue weighted by molar-refractivity contribution is -0.145. The number of carbonyl (C=O) groups is 4. The monoisotopic (exact) mass is 995 g/mol. The Kier molecular flexibility index (Phi) is 17.1. The third kappa shape index (κ3) is 12.5. The molecule has 374 valence electrons. The van der Waals surface area contributed by atoms with Gasteiger partial charge in [-0.3, -0.25) is 24.1 Å². The topological polar surface area (TPSA) is 176 Å². The molecule has 1 aromatic heterocycles. The fourth-order valence-electron chi connectivity index (χ4n) is 8.13. The fraction of sp³-hybridized carbons (Fsp3) is 0.481. The number of rotatable bonds is 19. The number of benzene rings is 3. The van der Waals surface area contributed by atoms with Crippen LogP contribution in [0.25, 0.3) is 15.3 Å². The maximum absolute atomic E-state index is 14.0. The second-order valence-electron chi connectivity index (χ2n) is 20.0. The highest BCUT2D eigenvalue weighted by atomic mass is 32.1. The minimum absolute atomic E-state index is 0.0243. The molecule has 4 amide bonds. The summed E-state index contributed by atoms with van der Waals surface area (Å²) in [5.41, 5.74) is 4.62. The Morgan fingerprint density at radius 2 is 1.57 bits per heavy atom. The zero-order valence-electron chi connectivity index (χ0n) is 41.7. The van der Waals surface area contributed by atoms with Crippen molar-refractivity contribution < 1.29 is 43.2 Å². The first-order chi connectivity index (χ1) is 33.0. The van der Waals surface area contributed by atoms with E-state index in [0.717, 1.165) is 27.4 Å². The van der Waals surface area contributed by atoms with Crippen molar-refractivity contribution in [2.45, 2.75) is 106 Å². The van der Waals surface area contributed by atoms with E-state index in [0.29, 0.717) is 60.0 Å². The number of ether oxygens (including phenoxy) is 4. The number of amides is 4. The van der Waals surface area contributed by atoms with Gasteiger partial charge in [0.05, 0.1) is 55.2 Å². The molecule has 6 rings (SSSR count). The Morgan fingerprint density at radius 1 is 0.929 bits per heavy atom. The van der Waals surface area contributed by atoms with Crippen LogP contribution in [0.15, 0.2) is 66.2 Å². The first kappa shape index (κ1) is 53.4. The highest BCUT2D eigenvalue weighted by Crippen LogP contribution is 2.38. The van der Waals surface area contributed by atoms with Crippen molar-refractivity contribution in [3.63, 3.8) is 0 Å². The predicted molar refractivity (Wildman–Crippen MR) is 274 cm³/mol. The van der Waals surface area contributed by atoms with Crippen molar-refractivity contribution in [3.05, 3.63) is 94.4 Å². The van der Waals surface area contributed by atoms with Crippen molar-refractivity contribution in [2.24, 2.45) is 10.8 Å². The first-order valence-electron chi connectivity index (χ1n) is 23.3. The maximum atomic E-state index is 14.0. The fourth-order valence-corrected chi connectivity index (χ4v) is 9.45. The molecule has 2 aliphatic rings. The number of aromatic nitrogens is 1. The summed E-state index contributed by atoms with van der Waals surface area (Å²) in [6.45, 7) is 27.5. The van der Waals surface area contributed by atoms with E-state index in [4.69, 9.17) is 37.7 Å². The lowest BCUT2D eigenvalue weighted by Gasteiger charge is -2.36. The van der Waals surface area contributed by atoms with Gasteiger partial charge in [-0.05, 0) is 98.9 Å². The lowest BCUT2D eigenvalue weighted by Crippen LogP contribution is -2.59. The summed E-state index contributed by atoms with van der Waals surface area (Å²) in [5, 5.41) is 16.9. The van der Waals surface area contributed by atoms with Gasteiger partial charge in [0.25, 0.3) is 5.91 Å². The molecule has 0 bridgehead atoms. The average Bonchev–Trinajstić information content (AvgIpc) is 3.97. The zero-order chi connectivity index (χ0) is 51.1. The van der Waals surface area contributed by atoms with E-state index in [1.165, 1.54) is 21.1 Å². The number of nitrogens with one attached hydrogen (secondary N) is 2. The summed E-state index contributed by atoms with van der Waals surface area (Å²) in [5.74, 6) is -0.106. The van der Waals surface area contributed by atoms with E-state index in [-0.39, 0.29) is 44.5 Å². The van der Waals surface area contributed by atoms with Crippen LogP contribution < -0.4 is 29.9 Å². The van der Waals surface area contributed by atoms with Crippen LogP contribution in [0.3, 0.4) is 0 Å². The van der Waals surface area contributed by atoms with Crippen LogP contribution in [0.2, 0.25) is 0 Å². The molecule has 3 heterocycles. The van der Waals surface area contributed by atoms with Gasteiger partial charge in [0, 0.05) is 41.9 Å². The van der Waals surface area contributed by atoms with Crippen molar-refractivity contribution >= 4 is 69.4 Å². The molecule has 3 atom stereocenters. The van der Waals surface area contributed by atoms with Crippen LogP contribution in [0.1, 0.15) is 78.6 Å². The smallest absolute Gasteiger partial charge is 0.259 e. The SMILES string of the molecule is [C-]#[N+]c1ccc(N2C(=O)C(C)(C)N(c3ccc(OCCOCCOCCOc4cc(-c5scnc5C)ccc4CNC(=O)[C@@H]4C[C@@H](O)CN4C(=O)[C@@H](NC(=O)C(C)(C)C)C(C)(C)C)cc3)C2=S)cc1C. The number of thiocarbonyl (C=S) groups is 1. The number of thiazole rings is 1. The van der Waals surface area contributed by atoms with Gasteiger partial charge in [-0.1, -0.05) is 59.7 Å². The van der Waals surface area contributed by atoms with Gasteiger partial charge in [-0.25, -0.2) is 9.83 Å². The number of aliphatic hydroxyl groups excluding tert-OH is 1. The zero-order valence-corrected chi connectivity index (χ0v) is 43.3. The molecule has 2 saturated heterocycles. The van der Waals surface area contributed by atoms with Crippen molar-refractivity contribution in [3.8, 4) is 21.9 Å². The van der Waals surface area contributed by atoms with Gasteiger partial charge >= 0.3 is 0 Å². The second kappa shape index (κ2) is 22.4. The van der Waals surface area contributed by atoms with E-state index in [1.807, 2.05) is 95.8 Å². The number of β-amino-alcohol motifs (C(OH)–C–C–N with tert-alkyl or cyclic N) is 1. The van der Waals surface area contributed by atoms with Gasteiger partial charge in [0.2, 0.25) is 17.7 Å². The molecular formula is C52H65N7O9S2. The molecule has 3 N–H and O–H groups in total. The third-order valence-electron chi connectivity index (χ3n) is 12.1. The van der Waals surface area contributed by atoms with E-state index < -0.39 is 46.4 Å². The number of aliphatic hydroxyl groups is 1. The highest BCUT2D eigenvalue weighted by molar-refractivity contribution is 7.81. The van der Waals surface area contributed by atoms with Gasteiger partial charge in [0.1, 0.15) is 42.3 Å². The molecule has 18 heteroatoms. The number of aryl methyl sites for hydroxylation is 2. The third-order valence-corrected chi connectivity index (χ3v) is 13.5. The first-order valence-corrected chi connectivity index (χ1v) is 24.6. The summed E-state index contributed by atoms with van der Waals surface area (Å²) in [6, 6.07) is 16.5. The van der Waals surface area contributed by atoms with Crippen LogP contribution >= 0.6 is 23.6 Å². The van der Waals surface area contributed by atoms with E-state index in [2.05, 4.69) is 20.5 Å². The molecule has 0 saturated carbocycles. The maximum Gasteiger partial charge on any atom is 0.259 e. The van der Waals surface area contributed by atoms with Crippen LogP contribution in [0, 0.1) is 31.2 Å². The minimum atomic E-state index is -0.940. The van der Waals surface area contributed by atoms with E-state index in [1.54, 1.807) is 44.5 Å². The molecule has 0 aliphatic carbocycles. The summed E-state index contributed by atoms with van der Waals surface area (Å²) < 4.78 is 23.7. The molecule has 4 aromatic rings. The van der Waals surface area contributed by atoms with Crippen LogP contribution in [-0.2, 0) is 35.2 Å². The normalized spacial score (nSPS) is 17.4. The van der Waals surface area contributed by atoms with Crippen LogP contribution in [0.4, 0.5) is 17.1 Å². The van der Waals surface area contributed by atoms with E-state index in [9.17, 15) is 24.3 Å². The molecule has 2 aliphatic heterocycles. The molecule has 70 heavy (non-hydrogen) atoms. The van der Waals surface area contributed by atoms with Crippen molar-refractivity contribution in [1.29, 1.82) is 0 Å². The summed E-state index contributed by atoms with van der Waals surface area (Å²) >= 11 is 7.34. The lowest BCUT2D eigenvalue weighted by atomic mass is 9.84. The Balaban J connectivity index is 0.964. The van der Waals surface area contributed by atoms with Crippen LogP contribution in [0.5, 0.6) is 11.5 Å². The Hall–Kier alpha value is -5.97. The molecule has 0 radical (unpaired) electrons.